The van der Waals surface area contributed by atoms with Crippen LogP contribution in [0.4, 0.5) is 0 Å². The van der Waals surface area contributed by atoms with Gasteiger partial charge in [0.05, 0.1) is 30.9 Å². The van der Waals surface area contributed by atoms with Crippen LogP contribution in [0, 0.1) is 0 Å². The van der Waals surface area contributed by atoms with E-state index in [0.29, 0.717) is 34.7 Å². The van der Waals surface area contributed by atoms with E-state index in [0.717, 1.165) is 5.57 Å². The molecule has 0 fully saturated rings. The summed E-state index contributed by atoms with van der Waals surface area (Å²) in [6.45, 7) is 0. The van der Waals surface area contributed by atoms with Crippen LogP contribution in [0.25, 0.3) is 28.3 Å². The van der Waals surface area contributed by atoms with Crippen LogP contribution in [0.15, 0.2) is 72.3 Å². The van der Waals surface area contributed by atoms with Crippen molar-refractivity contribution in [2.24, 2.45) is 0 Å². The topological polar surface area (TPSA) is 115 Å². The smallest absolute Gasteiger partial charge is 0.337 e. The number of nitrogens with zero attached hydrogens (tertiary/aromatic N) is 3. The summed E-state index contributed by atoms with van der Waals surface area (Å²) in [5, 5.41) is 20.9. The number of rotatable bonds is 5. The van der Waals surface area contributed by atoms with Gasteiger partial charge >= 0.3 is 5.97 Å². The number of ether oxygens (including phenoxy) is 2. The van der Waals surface area contributed by atoms with E-state index in [4.69, 9.17) is 9.47 Å². The Morgan fingerprint density at radius 3 is 2.24 bits per heavy atom. The molecule has 0 saturated heterocycles. The molecular weight excluding hydrogens is 422 g/mol. The number of aromatic nitrogens is 3. The maximum atomic E-state index is 11.9. The van der Waals surface area contributed by atoms with Crippen LogP contribution in [0.3, 0.4) is 0 Å². The third kappa shape index (κ3) is 4.59. The molecule has 1 aliphatic rings. The fraction of sp³-hybridized carbons (Fsp3) is 0.120. The van der Waals surface area contributed by atoms with Crippen molar-refractivity contribution in [2.75, 3.05) is 14.2 Å². The molecule has 0 bridgehead atoms. The lowest BCUT2D eigenvalue weighted by molar-refractivity contribution is -0.135. The highest BCUT2D eigenvalue weighted by atomic mass is 16.5. The molecule has 33 heavy (non-hydrogen) atoms. The molecule has 0 saturated carbocycles. The number of carbonyl (C=O) groups is 1. The summed E-state index contributed by atoms with van der Waals surface area (Å²) >= 11 is 0. The molecule has 2 N–H and O–H groups in total. The zero-order valence-electron chi connectivity index (χ0n) is 18.0. The first-order chi connectivity index (χ1) is 16.0. The molecular formula is C25H21N3O5. The number of para-hydroxylation sites is 1. The average molecular weight is 443 g/mol. The maximum Gasteiger partial charge on any atom is 0.337 e. The summed E-state index contributed by atoms with van der Waals surface area (Å²) < 4.78 is 9.95. The molecule has 3 aromatic rings. The first kappa shape index (κ1) is 21.8. The van der Waals surface area contributed by atoms with Crippen molar-refractivity contribution in [1.82, 2.24) is 15.0 Å². The molecule has 8 nitrogen and oxygen atoms in total. The van der Waals surface area contributed by atoms with Crippen molar-refractivity contribution in [2.45, 2.75) is 6.42 Å². The lowest BCUT2D eigenvalue weighted by Gasteiger charge is -2.11. The van der Waals surface area contributed by atoms with Gasteiger partial charge < -0.3 is 19.7 Å². The van der Waals surface area contributed by atoms with Gasteiger partial charge in [0, 0.05) is 11.6 Å². The zero-order valence-corrected chi connectivity index (χ0v) is 18.0. The Labute approximate surface area is 190 Å². The molecule has 1 heterocycles. The Morgan fingerprint density at radius 2 is 1.58 bits per heavy atom. The average Bonchev–Trinajstić information content (AvgIpc) is 3.10. The number of aromatic hydroxyl groups is 2. The van der Waals surface area contributed by atoms with Crippen LogP contribution in [0.2, 0.25) is 0 Å². The number of esters is 1. The first-order valence-corrected chi connectivity index (χ1v) is 10.1. The summed E-state index contributed by atoms with van der Waals surface area (Å²) in [4.78, 5) is 25.5. The van der Waals surface area contributed by atoms with Crippen molar-refractivity contribution in [3.63, 3.8) is 0 Å². The molecule has 0 aliphatic heterocycles. The second-order valence-corrected chi connectivity index (χ2v) is 7.12. The summed E-state index contributed by atoms with van der Waals surface area (Å²) in [5.74, 6) is 0.820. The Bertz CT molecular complexity index is 1310. The van der Waals surface area contributed by atoms with Crippen LogP contribution >= 0.6 is 0 Å². The van der Waals surface area contributed by atoms with Gasteiger partial charge in [-0.2, -0.15) is 0 Å². The normalized spacial score (nSPS) is 13.0. The summed E-state index contributed by atoms with van der Waals surface area (Å²) in [5.41, 5.74) is 1.92. The molecule has 2 aromatic carbocycles. The van der Waals surface area contributed by atoms with E-state index >= 15 is 0 Å². The lowest BCUT2D eigenvalue weighted by atomic mass is 10.1. The van der Waals surface area contributed by atoms with Crippen LogP contribution in [0.1, 0.15) is 12.2 Å². The van der Waals surface area contributed by atoms with E-state index in [1.807, 2.05) is 6.08 Å². The van der Waals surface area contributed by atoms with Gasteiger partial charge in [0.1, 0.15) is 17.2 Å². The van der Waals surface area contributed by atoms with Crippen molar-refractivity contribution in [1.29, 1.82) is 0 Å². The van der Waals surface area contributed by atoms with E-state index in [9.17, 15) is 15.0 Å². The summed E-state index contributed by atoms with van der Waals surface area (Å²) in [7, 11) is 2.83. The number of hydrogen-bond acceptors (Lipinski definition) is 8. The molecule has 0 unspecified atom stereocenters. The molecule has 0 radical (unpaired) electrons. The van der Waals surface area contributed by atoms with E-state index in [-0.39, 0.29) is 23.1 Å². The Balaban J connectivity index is 1.88. The molecule has 0 spiro atoms. The zero-order chi connectivity index (χ0) is 23.4. The molecule has 8 heteroatoms. The lowest BCUT2D eigenvalue weighted by Crippen LogP contribution is -2.03. The molecule has 166 valence electrons. The Hall–Kier alpha value is -4.46. The summed E-state index contributed by atoms with van der Waals surface area (Å²) in [6.07, 6.45) is 7.33. The Kier molecular flexibility index (Phi) is 6.17. The fourth-order valence-electron chi connectivity index (χ4n) is 3.30. The number of hydrogen-bond donors (Lipinski definition) is 2. The minimum Gasteiger partial charge on any atom is -0.507 e. The van der Waals surface area contributed by atoms with Gasteiger partial charge in [-0.25, -0.2) is 19.7 Å². The maximum absolute atomic E-state index is 11.9. The van der Waals surface area contributed by atoms with Gasteiger partial charge in [0.25, 0.3) is 0 Å². The van der Waals surface area contributed by atoms with Gasteiger partial charge in [-0.05, 0) is 36.8 Å². The molecule has 1 aliphatic carbocycles. The third-order valence-electron chi connectivity index (χ3n) is 5.03. The van der Waals surface area contributed by atoms with Crippen LogP contribution < -0.4 is 4.74 Å². The van der Waals surface area contributed by atoms with Crippen molar-refractivity contribution in [3.05, 3.63) is 78.2 Å². The molecule has 0 amide bonds. The van der Waals surface area contributed by atoms with E-state index in [1.54, 1.807) is 54.6 Å². The van der Waals surface area contributed by atoms with E-state index in [2.05, 4.69) is 15.0 Å². The van der Waals surface area contributed by atoms with E-state index in [1.165, 1.54) is 20.3 Å². The third-order valence-corrected chi connectivity index (χ3v) is 5.03. The van der Waals surface area contributed by atoms with Crippen LogP contribution in [-0.4, -0.2) is 45.4 Å². The highest BCUT2D eigenvalue weighted by molar-refractivity contribution is 5.92. The number of methoxy groups -OCH3 is 2. The number of allylic oxidation sites excluding steroid dienone is 4. The van der Waals surface area contributed by atoms with Crippen LogP contribution in [0.5, 0.6) is 17.2 Å². The second-order valence-electron chi connectivity index (χ2n) is 7.12. The van der Waals surface area contributed by atoms with Gasteiger partial charge in [-0.1, -0.05) is 30.4 Å². The first-order valence-electron chi connectivity index (χ1n) is 10.1. The predicted molar refractivity (Wildman–Crippen MR) is 122 cm³/mol. The largest absolute Gasteiger partial charge is 0.507 e. The van der Waals surface area contributed by atoms with Crippen molar-refractivity contribution in [3.8, 4) is 40.0 Å². The fourth-order valence-corrected chi connectivity index (χ4v) is 3.30. The minimum atomic E-state index is -0.446. The molecule has 4 rings (SSSR count). The number of phenolic OH excluding ortho intramolecular Hbond substituents is 2. The quantitative estimate of drug-likeness (QED) is 0.567. The van der Waals surface area contributed by atoms with Crippen molar-refractivity contribution >= 4 is 11.5 Å². The number of phenols is 2. The standard InChI is InChI=1S/C25H21N3O5/c1-32-17-12-13-19(21(30)14-17)24-27-22(15-6-5-7-16(11-10-15)25(31)33-2)26-23(28-24)18-8-3-4-9-20(18)29/h3-5,7-14,29-30H,6H2,1-2H3. The van der Waals surface area contributed by atoms with E-state index < -0.39 is 5.97 Å². The second kappa shape index (κ2) is 9.35. The highest BCUT2D eigenvalue weighted by Gasteiger charge is 2.18. The van der Waals surface area contributed by atoms with Gasteiger partial charge in [0.2, 0.25) is 0 Å². The molecule has 1 aromatic heterocycles. The minimum absolute atomic E-state index is 0.0159. The SMILES string of the molecule is COC(=O)C1=CC=C(c2nc(-c3ccccc3O)nc(-c3ccc(OC)cc3O)n2)CC=C1. The van der Waals surface area contributed by atoms with Crippen LogP contribution in [-0.2, 0) is 9.53 Å². The van der Waals surface area contributed by atoms with Crippen molar-refractivity contribution < 1.29 is 24.5 Å². The monoisotopic (exact) mass is 443 g/mol. The van der Waals surface area contributed by atoms with Gasteiger partial charge in [0.15, 0.2) is 17.5 Å². The predicted octanol–water partition coefficient (Wildman–Crippen LogP) is 4.07. The Morgan fingerprint density at radius 1 is 0.879 bits per heavy atom. The van der Waals surface area contributed by atoms with Gasteiger partial charge in [-0.3, -0.25) is 0 Å². The highest BCUT2D eigenvalue weighted by Crippen LogP contribution is 2.34. The number of carbonyl (C=O) groups excluding carboxylic acids is 1. The summed E-state index contributed by atoms with van der Waals surface area (Å²) in [6, 6.07) is 11.5. The molecule has 0 atom stereocenters. The van der Waals surface area contributed by atoms with Gasteiger partial charge in [-0.15, -0.1) is 0 Å². The number of benzene rings is 2.